The Bertz CT molecular complexity index is 1360. The highest BCUT2D eigenvalue weighted by atomic mass is 16.2. The summed E-state index contributed by atoms with van der Waals surface area (Å²) >= 11 is 0. The Morgan fingerprint density at radius 1 is 0.917 bits per heavy atom. The topological polar surface area (TPSA) is 40.9 Å². The van der Waals surface area contributed by atoms with Crippen molar-refractivity contribution < 1.29 is 4.79 Å². The molecule has 5 rings (SSSR count). The van der Waals surface area contributed by atoms with Gasteiger partial charge in [0.1, 0.15) is 5.65 Å². The first-order valence-corrected chi connectivity index (χ1v) is 13.0. The van der Waals surface area contributed by atoms with Crippen LogP contribution in [0.2, 0.25) is 0 Å². The third-order valence-corrected chi connectivity index (χ3v) is 7.15. The highest BCUT2D eigenvalue weighted by Gasteiger charge is 2.24. The summed E-state index contributed by atoms with van der Waals surface area (Å²) in [7, 11) is 0. The maximum Gasteiger partial charge on any atom is 0.222 e. The molecule has 0 atom stereocenters. The van der Waals surface area contributed by atoms with Crippen molar-refractivity contribution in [2.24, 2.45) is 5.92 Å². The number of piperazine rings is 1. The van der Waals surface area contributed by atoms with Gasteiger partial charge < -0.3 is 9.30 Å². The number of pyridine rings is 1. The van der Waals surface area contributed by atoms with Gasteiger partial charge in [-0.25, -0.2) is 4.98 Å². The molecular weight excluding hydrogens is 444 g/mol. The van der Waals surface area contributed by atoms with E-state index in [1.807, 2.05) is 11.0 Å². The Balaban J connectivity index is 1.49. The van der Waals surface area contributed by atoms with Gasteiger partial charge in [0.05, 0.1) is 11.4 Å². The van der Waals surface area contributed by atoms with Gasteiger partial charge in [-0.15, -0.1) is 0 Å². The van der Waals surface area contributed by atoms with Crippen LogP contribution in [0.1, 0.15) is 37.1 Å². The van der Waals surface area contributed by atoms with E-state index in [1.165, 1.54) is 27.9 Å². The minimum atomic E-state index is 0.280. The van der Waals surface area contributed by atoms with Gasteiger partial charge in [-0.3, -0.25) is 9.69 Å². The van der Waals surface area contributed by atoms with E-state index in [2.05, 4.69) is 97.8 Å². The predicted octanol–water partition coefficient (Wildman–Crippen LogP) is 5.98. The molecule has 0 aliphatic carbocycles. The van der Waals surface area contributed by atoms with Crippen molar-refractivity contribution in [1.29, 1.82) is 0 Å². The molecule has 0 radical (unpaired) electrons. The lowest BCUT2D eigenvalue weighted by molar-refractivity contribution is -0.133. The third-order valence-electron chi connectivity index (χ3n) is 7.15. The lowest BCUT2D eigenvalue weighted by Gasteiger charge is -2.35. The number of nitrogens with zero attached hydrogens (tertiary/aromatic N) is 4. The summed E-state index contributed by atoms with van der Waals surface area (Å²) in [5.41, 5.74) is 9.32. The molecule has 5 nitrogen and oxygen atoms in total. The second-order valence-corrected chi connectivity index (χ2v) is 10.5. The Kier molecular flexibility index (Phi) is 6.92. The number of carbonyl (C=O) groups is 1. The minimum absolute atomic E-state index is 0.280. The average Bonchev–Trinajstić information content (AvgIpc) is 3.23. The van der Waals surface area contributed by atoms with Crippen molar-refractivity contribution in [3.8, 4) is 22.4 Å². The number of aromatic nitrogens is 2. The number of hydrogen-bond acceptors (Lipinski definition) is 3. The third kappa shape index (κ3) is 5.07. The molecule has 36 heavy (non-hydrogen) atoms. The first kappa shape index (κ1) is 24.3. The smallest absolute Gasteiger partial charge is 0.222 e. The van der Waals surface area contributed by atoms with Gasteiger partial charge in [0, 0.05) is 50.9 Å². The number of aryl methyl sites for hydroxylation is 2. The number of carbonyl (C=O) groups excluding carboxylic acids is 1. The summed E-state index contributed by atoms with van der Waals surface area (Å²) in [6.07, 6.45) is 2.88. The van der Waals surface area contributed by atoms with Crippen LogP contribution < -0.4 is 0 Å². The fourth-order valence-electron chi connectivity index (χ4n) is 5.12. The number of fused-ring (bicyclic) bond motifs is 1. The van der Waals surface area contributed by atoms with Crippen LogP contribution in [-0.2, 0) is 11.3 Å². The maximum absolute atomic E-state index is 12.6. The van der Waals surface area contributed by atoms with Crippen molar-refractivity contribution in [2.75, 3.05) is 26.2 Å². The van der Waals surface area contributed by atoms with Crippen molar-refractivity contribution in [2.45, 2.75) is 40.7 Å². The molecule has 1 fully saturated rings. The molecule has 0 bridgehead atoms. The second kappa shape index (κ2) is 10.3. The predicted molar refractivity (Wildman–Crippen MR) is 147 cm³/mol. The number of amides is 1. The molecule has 186 valence electrons. The Morgan fingerprint density at radius 3 is 2.39 bits per heavy atom. The summed E-state index contributed by atoms with van der Waals surface area (Å²) in [4.78, 5) is 22.1. The van der Waals surface area contributed by atoms with Crippen LogP contribution >= 0.6 is 0 Å². The molecular formula is C31H36N4O. The summed E-state index contributed by atoms with van der Waals surface area (Å²) in [6.45, 7) is 12.7. The molecule has 1 aliphatic rings. The van der Waals surface area contributed by atoms with Crippen molar-refractivity contribution >= 4 is 11.6 Å². The highest BCUT2D eigenvalue weighted by Crippen LogP contribution is 2.30. The van der Waals surface area contributed by atoms with Crippen LogP contribution in [0, 0.1) is 19.8 Å². The van der Waals surface area contributed by atoms with Gasteiger partial charge in [-0.05, 0) is 48.6 Å². The normalized spacial score (nSPS) is 14.6. The molecule has 1 saturated heterocycles. The van der Waals surface area contributed by atoms with Crippen LogP contribution in [0.15, 0.2) is 66.9 Å². The van der Waals surface area contributed by atoms with Crippen LogP contribution in [0.4, 0.5) is 0 Å². The minimum Gasteiger partial charge on any atom is -0.340 e. The van der Waals surface area contributed by atoms with Gasteiger partial charge >= 0.3 is 0 Å². The SMILES string of the molecule is Cc1ccc(C)c(-c2ccc3nc(-c4ccccc4)c(CN4CCN(C(=O)CC(C)C)CC4)n3c2)c1. The van der Waals surface area contributed by atoms with Gasteiger partial charge in [0.2, 0.25) is 5.91 Å². The molecule has 2 aromatic carbocycles. The first-order valence-electron chi connectivity index (χ1n) is 13.0. The van der Waals surface area contributed by atoms with E-state index in [4.69, 9.17) is 4.98 Å². The molecule has 0 saturated carbocycles. The molecule has 0 unspecified atom stereocenters. The van der Waals surface area contributed by atoms with Gasteiger partial charge in [-0.2, -0.15) is 0 Å². The maximum atomic E-state index is 12.6. The Morgan fingerprint density at radius 2 is 1.67 bits per heavy atom. The van der Waals surface area contributed by atoms with Crippen LogP contribution in [0.3, 0.4) is 0 Å². The summed E-state index contributed by atoms with van der Waals surface area (Å²) in [5.74, 6) is 0.677. The average molecular weight is 481 g/mol. The second-order valence-electron chi connectivity index (χ2n) is 10.5. The quantitative estimate of drug-likeness (QED) is 0.341. The molecule has 3 heterocycles. The lowest BCUT2D eigenvalue weighted by atomic mass is 10.00. The van der Waals surface area contributed by atoms with Crippen LogP contribution in [-0.4, -0.2) is 51.3 Å². The van der Waals surface area contributed by atoms with Crippen molar-refractivity contribution in [3.05, 3.63) is 83.7 Å². The zero-order valence-corrected chi connectivity index (χ0v) is 21.9. The van der Waals surface area contributed by atoms with Crippen molar-refractivity contribution in [3.63, 3.8) is 0 Å². The fourth-order valence-corrected chi connectivity index (χ4v) is 5.12. The van der Waals surface area contributed by atoms with E-state index in [-0.39, 0.29) is 5.91 Å². The van der Waals surface area contributed by atoms with E-state index in [9.17, 15) is 4.79 Å². The first-order chi connectivity index (χ1) is 17.4. The molecule has 4 aromatic rings. The van der Waals surface area contributed by atoms with Crippen LogP contribution in [0.5, 0.6) is 0 Å². The van der Waals surface area contributed by atoms with E-state index in [1.54, 1.807) is 0 Å². The lowest BCUT2D eigenvalue weighted by Crippen LogP contribution is -2.48. The number of hydrogen-bond donors (Lipinski definition) is 0. The molecule has 0 N–H and O–H groups in total. The van der Waals surface area contributed by atoms with Crippen molar-refractivity contribution in [1.82, 2.24) is 19.2 Å². The molecule has 2 aromatic heterocycles. The van der Waals surface area contributed by atoms with E-state index in [0.29, 0.717) is 12.3 Å². The van der Waals surface area contributed by atoms with Gasteiger partial charge in [0.25, 0.3) is 0 Å². The fraction of sp³-hybridized carbons (Fsp3) is 0.355. The molecule has 1 amide bonds. The molecule has 0 spiro atoms. The number of rotatable bonds is 6. The summed E-state index contributed by atoms with van der Waals surface area (Å²) in [5, 5.41) is 0. The largest absolute Gasteiger partial charge is 0.340 e. The monoisotopic (exact) mass is 480 g/mol. The Labute approximate surface area is 214 Å². The highest BCUT2D eigenvalue weighted by molar-refractivity contribution is 5.76. The zero-order valence-electron chi connectivity index (χ0n) is 21.9. The number of imidazole rings is 1. The standard InChI is InChI=1S/C31H36N4O/c1-22(2)18-30(36)34-16-14-33(15-17-34)21-28-31(25-8-6-5-7-9-25)32-29-13-12-26(20-35(28)29)27-19-23(3)10-11-24(27)4/h5-13,19-20,22H,14-18,21H2,1-4H3. The van der Waals surface area contributed by atoms with Crippen LogP contribution in [0.25, 0.3) is 28.0 Å². The summed E-state index contributed by atoms with van der Waals surface area (Å²) < 4.78 is 2.27. The van der Waals surface area contributed by atoms with Gasteiger partial charge in [-0.1, -0.05) is 67.9 Å². The van der Waals surface area contributed by atoms with E-state index >= 15 is 0 Å². The van der Waals surface area contributed by atoms with E-state index < -0.39 is 0 Å². The Hall–Kier alpha value is -3.44. The molecule has 5 heteroatoms. The zero-order chi connectivity index (χ0) is 25.2. The van der Waals surface area contributed by atoms with Gasteiger partial charge in [0.15, 0.2) is 0 Å². The van der Waals surface area contributed by atoms with E-state index in [0.717, 1.165) is 49.6 Å². The number of benzene rings is 2. The molecule has 1 aliphatic heterocycles. The summed E-state index contributed by atoms with van der Waals surface area (Å²) in [6, 6.07) is 21.4.